The van der Waals surface area contributed by atoms with Crippen LogP contribution < -0.4 is 0 Å². The molecule has 2 aliphatic heterocycles. The lowest BCUT2D eigenvalue weighted by Crippen LogP contribution is -2.50. The average Bonchev–Trinajstić information content (AvgIpc) is 3.60. The third-order valence-corrected chi connectivity index (χ3v) is 7.20. The van der Waals surface area contributed by atoms with Crippen LogP contribution in [0.25, 0.3) is 10.7 Å². The highest BCUT2D eigenvalue weighted by Crippen LogP contribution is 2.23. The molecule has 0 bridgehead atoms. The van der Waals surface area contributed by atoms with Crippen LogP contribution in [0, 0.1) is 5.92 Å². The molecule has 3 aromatic rings. The van der Waals surface area contributed by atoms with E-state index in [4.69, 9.17) is 4.52 Å². The molecule has 9 heteroatoms. The number of carbonyl (C=O) groups excluding carboxylic acids is 2. The van der Waals surface area contributed by atoms with Gasteiger partial charge in [0.15, 0.2) is 0 Å². The lowest BCUT2D eigenvalue weighted by atomic mass is 10.1. The SMILES string of the molecule is O=C1CC(C(=O)N2CCN(Cc3nc(-c4cccs4)no3)CC2)CN1CCc1ccccc1. The van der Waals surface area contributed by atoms with Gasteiger partial charge in [-0.25, -0.2) is 0 Å². The fourth-order valence-electron chi connectivity index (χ4n) is 4.46. The molecule has 1 atom stereocenters. The highest BCUT2D eigenvalue weighted by molar-refractivity contribution is 7.13. The van der Waals surface area contributed by atoms with Crippen LogP contribution in [0.2, 0.25) is 0 Å². The molecule has 4 heterocycles. The molecule has 5 rings (SSSR count). The monoisotopic (exact) mass is 465 g/mol. The molecule has 2 fully saturated rings. The Hall–Kier alpha value is -3.04. The molecule has 33 heavy (non-hydrogen) atoms. The fourth-order valence-corrected chi connectivity index (χ4v) is 5.11. The van der Waals surface area contributed by atoms with E-state index < -0.39 is 0 Å². The maximum absolute atomic E-state index is 13.1. The van der Waals surface area contributed by atoms with E-state index in [0.717, 1.165) is 24.4 Å². The van der Waals surface area contributed by atoms with Gasteiger partial charge in [0.1, 0.15) is 0 Å². The summed E-state index contributed by atoms with van der Waals surface area (Å²) in [5.74, 6) is 1.16. The van der Waals surface area contributed by atoms with Crippen molar-refractivity contribution in [2.75, 3.05) is 39.3 Å². The van der Waals surface area contributed by atoms with E-state index >= 15 is 0 Å². The third-order valence-electron chi connectivity index (χ3n) is 6.33. The predicted octanol–water partition coefficient (Wildman–Crippen LogP) is 2.53. The quantitative estimate of drug-likeness (QED) is 0.533. The largest absolute Gasteiger partial charge is 0.342 e. The predicted molar refractivity (Wildman–Crippen MR) is 124 cm³/mol. The highest BCUT2D eigenvalue weighted by Gasteiger charge is 2.37. The normalized spacial score (nSPS) is 19.4. The Bertz CT molecular complexity index is 1080. The molecule has 0 saturated carbocycles. The molecule has 2 amide bonds. The van der Waals surface area contributed by atoms with Crippen LogP contribution in [0.1, 0.15) is 17.9 Å². The van der Waals surface area contributed by atoms with E-state index in [2.05, 4.69) is 27.2 Å². The van der Waals surface area contributed by atoms with Gasteiger partial charge in [0.05, 0.1) is 17.3 Å². The maximum atomic E-state index is 13.1. The van der Waals surface area contributed by atoms with Crippen LogP contribution >= 0.6 is 11.3 Å². The van der Waals surface area contributed by atoms with Gasteiger partial charge in [-0.3, -0.25) is 14.5 Å². The summed E-state index contributed by atoms with van der Waals surface area (Å²) in [4.78, 5) is 37.0. The number of piperazine rings is 1. The lowest BCUT2D eigenvalue weighted by Gasteiger charge is -2.35. The Labute approximate surface area is 196 Å². The Morgan fingerprint density at radius 3 is 2.67 bits per heavy atom. The number of likely N-dealkylation sites (tertiary alicyclic amines) is 1. The molecule has 0 N–H and O–H groups in total. The Morgan fingerprint density at radius 1 is 1.09 bits per heavy atom. The first kappa shape index (κ1) is 21.8. The number of hydrogen-bond acceptors (Lipinski definition) is 7. The van der Waals surface area contributed by atoms with Crippen molar-refractivity contribution < 1.29 is 14.1 Å². The van der Waals surface area contributed by atoms with Gasteiger partial charge in [-0.2, -0.15) is 4.98 Å². The second kappa shape index (κ2) is 9.84. The molecule has 0 spiro atoms. The molecule has 1 aromatic carbocycles. The van der Waals surface area contributed by atoms with Crippen LogP contribution in [-0.2, 0) is 22.6 Å². The summed E-state index contributed by atoms with van der Waals surface area (Å²) < 4.78 is 5.41. The average molecular weight is 466 g/mol. The molecule has 2 aromatic heterocycles. The first-order valence-corrected chi connectivity index (χ1v) is 12.2. The highest BCUT2D eigenvalue weighted by atomic mass is 32.1. The fraction of sp³-hybridized carbons (Fsp3) is 0.417. The second-order valence-corrected chi connectivity index (χ2v) is 9.51. The van der Waals surface area contributed by atoms with Crippen LogP contribution in [0.4, 0.5) is 0 Å². The molecular formula is C24H27N5O3S. The molecule has 0 aliphatic carbocycles. The minimum atomic E-state index is -0.232. The van der Waals surface area contributed by atoms with Gasteiger partial charge in [-0.15, -0.1) is 11.3 Å². The van der Waals surface area contributed by atoms with Crippen molar-refractivity contribution in [3.8, 4) is 10.7 Å². The number of amides is 2. The number of nitrogens with zero attached hydrogens (tertiary/aromatic N) is 5. The van der Waals surface area contributed by atoms with E-state index in [9.17, 15) is 9.59 Å². The van der Waals surface area contributed by atoms with Crippen molar-refractivity contribution in [2.24, 2.45) is 5.92 Å². The minimum Gasteiger partial charge on any atom is -0.342 e. The summed E-state index contributed by atoms with van der Waals surface area (Å²) in [6, 6.07) is 14.1. The van der Waals surface area contributed by atoms with Crippen molar-refractivity contribution in [1.29, 1.82) is 0 Å². The summed E-state index contributed by atoms with van der Waals surface area (Å²) >= 11 is 1.58. The van der Waals surface area contributed by atoms with Crippen molar-refractivity contribution in [2.45, 2.75) is 19.4 Å². The van der Waals surface area contributed by atoms with Gasteiger partial charge < -0.3 is 14.3 Å². The van der Waals surface area contributed by atoms with Crippen LogP contribution in [-0.4, -0.2) is 75.9 Å². The molecule has 172 valence electrons. The molecule has 2 aliphatic rings. The van der Waals surface area contributed by atoms with Gasteiger partial charge in [-0.1, -0.05) is 41.6 Å². The van der Waals surface area contributed by atoms with Crippen molar-refractivity contribution in [1.82, 2.24) is 24.8 Å². The van der Waals surface area contributed by atoms with Crippen LogP contribution in [0.3, 0.4) is 0 Å². The number of hydrogen-bond donors (Lipinski definition) is 0. The number of thiophene rings is 1. The van der Waals surface area contributed by atoms with Crippen molar-refractivity contribution >= 4 is 23.2 Å². The van der Waals surface area contributed by atoms with Gasteiger partial charge >= 0.3 is 0 Å². The zero-order valence-electron chi connectivity index (χ0n) is 18.4. The van der Waals surface area contributed by atoms with Gasteiger partial charge in [-0.05, 0) is 23.4 Å². The van der Waals surface area contributed by atoms with E-state index in [0.29, 0.717) is 50.9 Å². The second-order valence-electron chi connectivity index (χ2n) is 8.57. The zero-order chi connectivity index (χ0) is 22.6. The summed E-state index contributed by atoms with van der Waals surface area (Å²) in [7, 11) is 0. The van der Waals surface area contributed by atoms with E-state index in [-0.39, 0.29) is 17.7 Å². The number of benzene rings is 1. The van der Waals surface area contributed by atoms with Crippen LogP contribution in [0.5, 0.6) is 0 Å². The summed E-state index contributed by atoms with van der Waals surface area (Å²) in [6.07, 6.45) is 1.14. The number of aromatic nitrogens is 2. The molecule has 2 saturated heterocycles. The zero-order valence-corrected chi connectivity index (χ0v) is 19.2. The van der Waals surface area contributed by atoms with E-state index in [1.807, 2.05) is 45.5 Å². The Morgan fingerprint density at radius 2 is 1.91 bits per heavy atom. The molecule has 8 nitrogen and oxygen atoms in total. The smallest absolute Gasteiger partial charge is 0.241 e. The summed E-state index contributed by atoms with van der Waals surface area (Å²) in [5, 5.41) is 6.05. The lowest BCUT2D eigenvalue weighted by molar-refractivity contribution is -0.137. The van der Waals surface area contributed by atoms with E-state index in [1.165, 1.54) is 5.56 Å². The standard InChI is InChI=1S/C24H27N5O3S/c30-22-15-19(16-29(22)9-8-18-5-2-1-3-6-18)24(31)28-12-10-27(11-13-28)17-21-25-23(26-32-21)20-7-4-14-33-20/h1-7,14,19H,8-13,15-17H2. The molecule has 1 unspecified atom stereocenters. The Kier molecular flexibility index (Phi) is 6.50. The van der Waals surface area contributed by atoms with E-state index in [1.54, 1.807) is 11.3 Å². The summed E-state index contributed by atoms with van der Waals surface area (Å²) in [5.41, 5.74) is 1.21. The van der Waals surface area contributed by atoms with Gasteiger partial charge in [0.25, 0.3) is 0 Å². The Balaban J connectivity index is 1.08. The first-order valence-electron chi connectivity index (χ1n) is 11.3. The maximum Gasteiger partial charge on any atom is 0.241 e. The van der Waals surface area contributed by atoms with Crippen molar-refractivity contribution in [3.63, 3.8) is 0 Å². The topological polar surface area (TPSA) is 82.8 Å². The first-order chi connectivity index (χ1) is 16.2. The third kappa shape index (κ3) is 5.15. The van der Waals surface area contributed by atoms with Gasteiger partial charge in [0, 0.05) is 45.7 Å². The molecule has 0 radical (unpaired) electrons. The summed E-state index contributed by atoms with van der Waals surface area (Å²) in [6.45, 7) is 4.58. The minimum absolute atomic E-state index is 0.0841. The van der Waals surface area contributed by atoms with Gasteiger partial charge in [0.2, 0.25) is 23.5 Å². The number of carbonyl (C=O) groups is 2. The van der Waals surface area contributed by atoms with Crippen molar-refractivity contribution in [3.05, 3.63) is 59.3 Å². The van der Waals surface area contributed by atoms with Crippen LogP contribution in [0.15, 0.2) is 52.4 Å². The molecular weight excluding hydrogens is 438 g/mol. The number of rotatable bonds is 7.